The molecule has 138 valence electrons. The lowest BCUT2D eigenvalue weighted by molar-refractivity contribution is -0.129. The molecule has 1 rings (SSSR count). The maximum atomic E-state index is 12.0. The van der Waals surface area contributed by atoms with Crippen molar-refractivity contribution in [3.05, 3.63) is 29.8 Å². The average Bonchev–Trinajstić information content (AvgIpc) is 2.53. The lowest BCUT2D eigenvalue weighted by Gasteiger charge is -2.20. The number of nitrogens with zero attached hydrogens (tertiary/aromatic N) is 1. The molecule has 1 aromatic rings. The Bertz CT molecular complexity index is 602. The zero-order valence-electron chi connectivity index (χ0n) is 15.6. The summed E-state index contributed by atoms with van der Waals surface area (Å²) in [5.74, 6) is -0.303. The second-order valence-corrected chi connectivity index (χ2v) is 6.66. The summed E-state index contributed by atoms with van der Waals surface area (Å²) in [6.07, 6.45) is 0. The normalized spacial score (nSPS) is 10.8. The van der Waals surface area contributed by atoms with Gasteiger partial charge in [0, 0.05) is 29.9 Å². The minimum Gasteiger partial charge on any atom is -0.347 e. The zero-order valence-corrected chi connectivity index (χ0v) is 15.6. The van der Waals surface area contributed by atoms with E-state index in [-0.39, 0.29) is 23.9 Å². The molecule has 0 aliphatic carbocycles. The predicted octanol–water partition coefficient (Wildman–Crippen LogP) is 2.20. The SMILES string of the molecule is CCN(CC)C(=O)CNC(=O)Nc1ccc(C(=O)NC(C)(C)C)cc1. The van der Waals surface area contributed by atoms with Crippen LogP contribution in [0.4, 0.5) is 10.5 Å². The molecule has 0 spiro atoms. The molecule has 0 radical (unpaired) electrons. The number of likely N-dealkylation sites (N-methyl/N-ethyl adjacent to an activating group) is 1. The van der Waals surface area contributed by atoms with Crippen LogP contribution < -0.4 is 16.0 Å². The number of hydrogen-bond donors (Lipinski definition) is 3. The number of benzene rings is 1. The molecule has 4 amide bonds. The fourth-order valence-electron chi connectivity index (χ4n) is 2.14. The topological polar surface area (TPSA) is 90.5 Å². The highest BCUT2D eigenvalue weighted by molar-refractivity contribution is 5.96. The molecule has 7 heteroatoms. The Kier molecular flexibility index (Phi) is 7.42. The van der Waals surface area contributed by atoms with Gasteiger partial charge in [0.15, 0.2) is 0 Å². The monoisotopic (exact) mass is 348 g/mol. The molecular weight excluding hydrogens is 320 g/mol. The number of urea groups is 1. The number of nitrogens with one attached hydrogen (secondary N) is 3. The van der Waals surface area contributed by atoms with Gasteiger partial charge in [-0.2, -0.15) is 0 Å². The molecule has 0 atom stereocenters. The van der Waals surface area contributed by atoms with E-state index in [1.165, 1.54) is 0 Å². The van der Waals surface area contributed by atoms with E-state index in [1.807, 2.05) is 34.6 Å². The van der Waals surface area contributed by atoms with Crippen molar-refractivity contribution in [1.29, 1.82) is 0 Å². The van der Waals surface area contributed by atoms with E-state index in [2.05, 4.69) is 16.0 Å². The van der Waals surface area contributed by atoms with E-state index in [9.17, 15) is 14.4 Å². The van der Waals surface area contributed by atoms with Crippen LogP contribution >= 0.6 is 0 Å². The van der Waals surface area contributed by atoms with Gasteiger partial charge in [-0.05, 0) is 58.9 Å². The van der Waals surface area contributed by atoms with Gasteiger partial charge in [0.2, 0.25) is 5.91 Å². The van der Waals surface area contributed by atoms with Crippen LogP contribution in [0.3, 0.4) is 0 Å². The summed E-state index contributed by atoms with van der Waals surface area (Å²) in [5, 5.41) is 8.03. The van der Waals surface area contributed by atoms with E-state index in [0.717, 1.165) is 0 Å². The highest BCUT2D eigenvalue weighted by Gasteiger charge is 2.15. The Hall–Kier alpha value is -2.57. The van der Waals surface area contributed by atoms with Crippen molar-refractivity contribution < 1.29 is 14.4 Å². The molecule has 1 aromatic carbocycles. The largest absolute Gasteiger partial charge is 0.347 e. The molecule has 0 aliphatic rings. The Morgan fingerprint density at radius 1 is 1.00 bits per heavy atom. The van der Waals surface area contributed by atoms with Crippen molar-refractivity contribution in [2.75, 3.05) is 25.0 Å². The van der Waals surface area contributed by atoms with Crippen LogP contribution in [0.15, 0.2) is 24.3 Å². The van der Waals surface area contributed by atoms with E-state index in [4.69, 9.17) is 0 Å². The molecule has 0 fully saturated rings. The van der Waals surface area contributed by atoms with Crippen molar-refractivity contribution >= 4 is 23.5 Å². The fourth-order valence-corrected chi connectivity index (χ4v) is 2.14. The van der Waals surface area contributed by atoms with Gasteiger partial charge < -0.3 is 20.9 Å². The van der Waals surface area contributed by atoms with Gasteiger partial charge in [-0.1, -0.05) is 0 Å². The third-order valence-corrected chi connectivity index (χ3v) is 3.41. The number of anilines is 1. The summed E-state index contributed by atoms with van der Waals surface area (Å²) in [6, 6.07) is 6.09. The summed E-state index contributed by atoms with van der Waals surface area (Å²) < 4.78 is 0. The van der Waals surface area contributed by atoms with Gasteiger partial charge >= 0.3 is 6.03 Å². The minimum atomic E-state index is -0.465. The zero-order chi connectivity index (χ0) is 19.0. The van der Waals surface area contributed by atoms with Crippen LogP contribution in [0.25, 0.3) is 0 Å². The van der Waals surface area contributed by atoms with Gasteiger partial charge in [-0.15, -0.1) is 0 Å². The molecular formula is C18H28N4O3. The Labute approximate surface area is 149 Å². The first-order chi connectivity index (χ1) is 11.7. The lowest BCUT2D eigenvalue weighted by atomic mass is 10.1. The van der Waals surface area contributed by atoms with Crippen molar-refractivity contribution in [3.8, 4) is 0 Å². The molecule has 0 aromatic heterocycles. The summed E-state index contributed by atoms with van der Waals surface area (Å²) in [7, 11) is 0. The third-order valence-electron chi connectivity index (χ3n) is 3.41. The molecule has 0 heterocycles. The first kappa shape index (κ1) is 20.5. The number of carbonyl (C=O) groups is 3. The van der Waals surface area contributed by atoms with Crippen LogP contribution in [0, 0.1) is 0 Å². The van der Waals surface area contributed by atoms with E-state index in [1.54, 1.807) is 29.2 Å². The Morgan fingerprint density at radius 3 is 2.04 bits per heavy atom. The standard InChI is InChI=1S/C18H28N4O3/c1-6-22(7-2)15(23)12-19-17(25)20-14-10-8-13(9-11-14)16(24)21-18(3,4)5/h8-11H,6-7,12H2,1-5H3,(H,21,24)(H2,19,20,25). The summed E-state index contributed by atoms with van der Waals surface area (Å²) in [4.78, 5) is 37.4. The van der Waals surface area contributed by atoms with Crippen LogP contribution in [-0.2, 0) is 4.79 Å². The smallest absolute Gasteiger partial charge is 0.319 e. The van der Waals surface area contributed by atoms with Crippen LogP contribution in [0.1, 0.15) is 45.0 Å². The van der Waals surface area contributed by atoms with Gasteiger partial charge in [0.05, 0.1) is 6.54 Å². The molecule has 7 nitrogen and oxygen atoms in total. The molecule has 25 heavy (non-hydrogen) atoms. The Balaban J connectivity index is 2.53. The van der Waals surface area contributed by atoms with Crippen molar-refractivity contribution in [2.45, 2.75) is 40.2 Å². The first-order valence-corrected chi connectivity index (χ1v) is 8.41. The minimum absolute atomic E-state index is 0.0560. The lowest BCUT2D eigenvalue weighted by Crippen LogP contribution is -2.41. The number of amides is 4. The predicted molar refractivity (Wildman–Crippen MR) is 98.6 cm³/mol. The number of hydrogen-bond acceptors (Lipinski definition) is 3. The molecule has 0 saturated heterocycles. The van der Waals surface area contributed by atoms with Crippen LogP contribution in [-0.4, -0.2) is 47.9 Å². The van der Waals surface area contributed by atoms with E-state index >= 15 is 0 Å². The first-order valence-electron chi connectivity index (χ1n) is 8.41. The summed E-state index contributed by atoms with van der Waals surface area (Å²) >= 11 is 0. The van der Waals surface area contributed by atoms with Crippen molar-refractivity contribution in [1.82, 2.24) is 15.5 Å². The highest BCUT2D eigenvalue weighted by Crippen LogP contribution is 2.11. The quantitative estimate of drug-likeness (QED) is 0.736. The maximum absolute atomic E-state index is 12.0. The summed E-state index contributed by atoms with van der Waals surface area (Å²) in [6.45, 7) is 10.7. The molecule has 0 aliphatic heterocycles. The van der Waals surface area contributed by atoms with Crippen LogP contribution in [0.5, 0.6) is 0 Å². The molecule has 0 unspecified atom stereocenters. The molecule has 0 saturated carbocycles. The maximum Gasteiger partial charge on any atom is 0.319 e. The molecule has 0 bridgehead atoms. The van der Waals surface area contributed by atoms with E-state index in [0.29, 0.717) is 24.3 Å². The van der Waals surface area contributed by atoms with Gasteiger partial charge in [-0.3, -0.25) is 9.59 Å². The average molecular weight is 348 g/mol. The van der Waals surface area contributed by atoms with Gasteiger partial charge in [0.1, 0.15) is 0 Å². The summed E-state index contributed by atoms with van der Waals surface area (Å²) in [5.41, 5.74) is 0.739. The van der Waals surface area contributed by atoms with Gasteiger partial charge in [-0.25, -0.2) is 4.79 Å². The molecule has 3 N–H and O–H groups in total. The fraction of sp³-hybridized carbons (Fsp3) is 0.500. The number of carbonyl (C=O) groups excluding carboxylic acids is 3. The van der Waals surface area contributed by atoms with Gasteiger partial charge in [0.25, 0.3) is 5.91 Å². The van der Waals surface area contributed by atoms with E-state index < -0.39 is 6.03 Å². The van der Waals surface area contributed by atoms with Crippen LogP contribution in [0.2, 0.25) is 0 Å². The second-order valence-electron chi connectivity index (χ2n) is 6.66. The third kappa shape index (κ3) is 7.24. The van der Waals surface area contributed by atoms with Crippen molar-refractivity contribution in [2.24, 2.45) is 0 Å². The number of rotatable bonds is 6. The second kappa shape index (κ2) is 9.05. The van der Waals surface area contributed by atoms with Crippen molar-refractivity contribution in [3.63, 3.8) is 0 Å². The Morgan fingerprint density at radius 2 is 1.56 bits per heavy atom. The highest BCUT2D eigenvalue weighted by atomic mass is 16.2.